The fraction of sp³-hybridized carbons (Fsp3) is 0.409. The summed E-state index contributed by atoms with van der Waals surface area (Å²) in [5, 5.41) is 9.16. The van der Waals surface area contributed by atoms with Crippen molar-refractivity contribution in [1.82, 2.24) is 29.1 Å². The van der Waals surface area contributed by atoms with Crippen LogP contribution in [0.1, 0.15) is 43.6 Å². The van der Waals surface area contributed by atoms with Gasteiger partial charge in [-0.2, -0.15) is 5.10 Å². The zero-order valence-electron chi connectivity index (χ0n) is 19.1. The van der Waals surface area contributed by atoms with Crippen molar-refractivity contribution in [2.24, 2.45) is 12.8 Å². The fourth-order valence-electron chi connectivity index (χ4n) is 3.05. The Morgan fingerprint density at radius 1 is 1.21 bits per heavy atom. The van der Waals surface area contributed by atoms with Crippen molar-refractivity contribution in [3.63, 3.8) is 0 Å². The van der Waals surface area contributed by atoms with E-state index in [1.165, 1.54) is 11.3 Å². The van der Waals surface area contributed by atoms with Gasteiger partial charge in [-0.3, -0.25) is 14.5 Å². The number of carbonyl (C=O) groups is 1. The number of hydrogen-bond donors (Lipinski definition) is 2. The molecule has 3 N–H and O–H groups in total. The van der Waals surface area contributed by atoms with Gasteiger partial charge in [0.05, 0.1) is 18.1 Å². The van der Waals surface area contributed by atoms with E-state index in [2.05, 4.69) is 25.4 Å². The third-order valence-corrected chi connectivity index (χ3v) is 5.54. The van der Waals surface area contributed by atoms with Gasteiger partial charge < -0.3 is 20.2 Å². The number of nitrogens with one attached hydrogen (secondary N) is 1. The van der Waals surface area contributed by atoms with Crippen LogP contribution in [0.25, 0.3) is 16.3 Å². The molecule has 33 heavy (non-hydrogen) atoms. The van der Waals surface area contributed by atoms with E-state index in [-0.39, 0.29) is 5.91 Å². The summed E-state index contributed by atoms with van der Waals surface area (Å²) in [7, 11) is 1.79. The SMILES string of the molecule is CC.Cn1cc(NC(=O)c2csc(-c3cn4ccncc4n3)n2)cn1.N[C@@H]1CCCOCC1. The summed E-state index contributed by atoms with van der Waals surface area (Å²) in [5.41, 5.74) is 8.08. The van der Waals surface area contributed by atoms with Crippen molar-refractivity contribution in [3.05, 3.63) is 48.3 Å². The summed E-state index contributed by atoms with van der Waals surface area (Å²) < 4.78 is 8.66. The summed E-state index contributed by atoms with van der Waals surface area (Å²) in [4.78, 5) is 25.0. The maximum absolute atomic E-state index is 12.2. The van der Waals surface area contributed by atoms with Gasteiger partial charge in [0.1, 0.15) is 16.4 Å². The van der Waals surface area contributed by atoms with Gasteiger partial charge in [0, 0.05) is 56.5 Å². The van der Waals surface area contributed by atoms with Gasteiger partial charge in [-0.25, -0.2) is 9.97 Å². The monoisotopic (exact) mass is 470 g/mol. The van der Waals surface area contributed by atoms with E-state index in [1.807, 2.05) is 30.6 Å². The molecule has 0 saturated carbocycles. The van der Waals surface area contributed by atoms with E-state index in [0.717, 1.165) is 38.1 Å². The Kier molecular flexibility index (Phi) is 9.04. The van der Waals surface area contributed by atoms with Crippen LogP contribution in [0.15, 0.2) is 42.6 Å². The maximum atomic E-state index is 12.2. The Bertz CT molecular complexity index is 1110. The topological polar surface area (TPSA) is 125 Å². The normalized spacial score (nSPS) is 15.6. The molecule has 0 bridgehead atoms. The van der Waals surface area contributed by atoms with Crippen molar-refractivity contribution in [2.75, 3.05) is 18.5 Å². The number of rotatable bonds is 3. The van der Waals surface area contributed by atoms with Gasteiger partial charge >= 0.3 is 0 Å². The van der Waals surface area contributed by atoms with Crippen LogP contribution in [0.3, 0.4) is 0 Å². The highest BCUT2D eigenvalue weighted by atomic mass is 32.1. The van der Waals surface area contributed by atoms with Crippen molar-refractivity contribution in [3.8, 4) is 10.7 Å². The molecule has 1 fully saturated rings. The molecule has 10 nitrogen and oxygen atoms in total. The van der Waals surface area contributed by atoms with Crippen molar-refractivity contribution in [2.45, 2.75) is 39.2 Å². The van der Waals surface area contributed by atoms with Crippen LogP contribution < -0.4 is 11.1 Å². The van der Waals surface area contributed by atoms with E-state index in [0.29, 0.717) is 28.1 Å². The largest absolute Gasteiger partial charge is 0.381 e. The molecule has 11 heteroatoms. The molecule has 5 rings (SSSR count). The molecular weight excluding hydrogens is 440 g/mol. The minimum Gasteiger partial charge on any atom is -0.381 e. The summed E-state index contributed by atoms with van der Waals surface area (Å²) >= 11 is 1.37. The zero-order valence-corrected chi connectivity index (χ0v) is 20.0. The summed E-state index contributed by atoms with van der Waals surface area (Å²) in [6.45, 7) is 5.77. The van der Waals surface area contributed by atoms with Crippen molar-refractivity contribution >= 4 is 28.6 Å². The number of anilines is 1. The van der Waals surface area contributed by atoms with E-state index >= 15 is 0 Å². The minimum absolute atomic E-state index is 0.272. The number of nitrogens with two attached hydrogens (primary N) is 1. The van der Waals surface area contributed by atoms with Crippen LogP contribution in [0.5, 0.6) is 0 Å². The Labute approximate surface area is 196 Å². The predicted octanol–water partition coefficient (Wildman–Crippen LogP) is 3.38. The van der Waals surface area contributed by atoms with Gasteiger partial charge in [0.2, 0.25) is 0 Å². The summed E-state index contributed by atoms with van der Waals surface area (Å²) in [6.07, 6.45) is 13.7. The Balaban J connectivity index is 0.000000258. The van der Waals surface area contributed by atoms with E-state index in [4.69, 9.17) is 10.5 Å². The molecule has 1 aliphatic rings. The third kappa shape index (κ3) is 6.91. The number of ether oxygens (including phenoxy) is 1. The van der Waals surface area contributed by atoms with E-state index in [1.54, 1.807) is 41.9 Å². The molecule has 1 aliphatic heterocycles. The first-order valence-electron chi connectivity index (χ1n) is 11.0. The van der Waals surface area contributed by atoms with Crippen LogP contribution in [0.2, 0.25) is 0 Å². The van der Waals surface area contributed by atoms with Gasteiger partial charge in [-0.15, -0.1) is 11.3 Å². The number of amides is 1. The Morgan fingerprint density at radius 2 is 2.06 bits per heavy atom. The number of nitrogens with zero attached hydrogens (tertiary/aromatic N) is 6. The van der Waals surface area contributed by atoms with E-state index < -0.39 is 0 Å². The highest BCUT2D eigenvalue weighted by Gasteiger charge is 2.14. The van der Waals surface area contributed by atoms with Crippen LogP contribution in [0, 0.1) is 0 Å². The van der Waals surface area contributed by atoms with E-state index in [9.17, 15) is 4.79 Å². The van der Waals surface area contributed by atoms with Gasteiger partial charge in [0.25, 0.3) is 5.91 Å². The lowest BCUT2D eigenvalue weighted by molar-refractivity contribution is 0.102. The first kappa shape index (κ1) is 24.5. The van der Waals surface area contributed by atoms with Gasteiger partial charge in [-0.1, -0.05) is 13.8 Å². The average molecular weight is 471 g/mol. The van der Waals surface area contributed by atoms with Crippen LogP contribution in [-0.4, -0.2) is 54.3 Å². The summed E-state index contributed by atoms with van der Waals surface area (Å²) in [6, 6.07) is 0.400. The lowest BCUT2D eigenvalue weighted by Gasteiger charge is -2.02. The molecular formula is C22H30N8O2S. The molecule has 1 amide bonds. The van der Waals surface area contributed by atoms with Gasteiger partial charge in [-0.05, 0) is 19.3 Å². The van der Waals surface area contributed by atoms with Crippen LogP contribution in [-0.2, 0) is 11.8 Å². The summed E-state index contributed by atoms with van der Waals surface area (Å²) in [5.74, 6) is -0.272. The number of carbonyl (C=O) groups excluding carboxylic acids is 1. The molecule has 0 aliphatic carbocycles. The molecule has 0 aromatic carbocycles. The first-order chi connectivity index (χ1) is 16.1. The second-order valence-corrected chi connectivity index (χ2v) is 8.02. The van der Waals surface area contributed by atoms with Crippen LogP contribution in [0.4, 0.5) is 5.69 Å². The van der Waals surface area contributed by atoms with Crippen molar-refractivity contribution in [1.29, 1.82) is 0 Å². The minimum atomic E-state index is -0.272. The van der Waals surface area contributed by atoms with Crippen molar-refractivity contribution < 1.29 is 9.53 Å². The number of imidazole rings is 1. The maximum Gasteiger partial charge on any atom is 0.275 e. The molecule has 4 aromatic heterocycles. The van der Waals surface area contributed by atoms with Gasteiger partial charge in [0.15, 0.2) is 5.65 Å². The lowest BCUT2D eigenvalue weighted by atomic mass is 10.1. The molecule has 0 spiro atoms. The quantitative estimate of drug-likeness (QED) is 0.470. The number of hydrogen-bond acceptors (Lipinski definition) is 8. The highest BCUT2D eigenvalue weighted by molar-refractivity contribution is 7.13. The smallest absolute Gasteiger partial charge is 0.275 e. The number of fused-ring (bicyclic) bond motifs is 1. The Hall–Kier alpha value is -3.15. The number of aryl methyl sites for hydroxylation is 1. The fourth-order valence-corrected chi connectivity index (χ4v) is 3.80. The average Bonchev–Trinajstić information content (AvgIpc) is 3.53. The molecule has 1 atom stereocenters. The number of thiazole rings is 1. The zero-order chi connectivity index (χ0) is 23.6. The Morgan fingerprint density at radius 3 is 2.82 bits per heavy atom. The highest BCUT2D eigenvalue weighted by Crippen LogP contribution is 2.23. The second-order valence-electron chi connectivity index (χ2n) is 7.17. The molecule has 5 heterocycles. The number of aromatic nitrogens is 6. The lowest BCUT2D eigenvalue weighted by Crippen LogP contribution is -2.19. The standard InChI is InChI=1S/C14H11N7OS.C6H13NO.C2H6/c1-20-6-9(4-16-20)17-13(22)11-8-23-14(19-11)10-7-21-3-2-15-5-12(21)18-10;7-6-2-1-4-8-5-3-6;1-2/h2-8H,1H3,(H,17,22);6H,1-5,7H2;1-2H3/t;6-;/m.1./s1. The van der Waals surface area contributed by atoms with Crippen LogP contribution >= 0.6 is 11.3 Å². The molecule has 176 valence electrons. The molecule has 4 aromatic rings. The molecule has 0 unspecified atom stereocenters. The first-order valence-corrected chi connectivity index (χ1v) is 11.8. The predicted molar refractivity (Wildman–Crippen MR) is 129 cm³/mol. The second kappa shape index (κ2) is 12.2. The molecule has 0 radical (unpaired) electrons. The third-order valence-electron chi connectivity index (χ3n) is 4.68. The molecule has 1 saturated heterocycles.